The van der Waals surface area contributed by atoms with E-state index in [9.17, 15) is 0 Å². The molecule has 1 fully saturated rings. The molecule has 17 heavy (non-hydrogen) atoms. The lowest BCUT2D eigenvalue weighted by atomic mass is 9.97. The van der Waals surface area contributed by atoms with Crippen LogP contribution in [-0.4, -0.2) is 16.0 Å². The van der Waals surface area contributed by atoms with Gasteiger partial charge in [0, 0.05) is 12.1 Å². The van der Waals surface area contributed by atoms with Gasteiger partial charge in [-0.25, -0.2) is 4.98 Å². The van der Waals surface area contributed by atoms with Crippen LogP contribution >= 0.6 is 15.9 Å². The molecule has 1 aliphatic rings. The third kappa shape index (κ3) is 4.15. The fraction of sp³-hybridized carbons (Fsp3) is 0.667. The van der Waals surface area contributed by atoms with E-state index in [1.807, 2.05) is 0 Å². The zero-order valence-corrected chi connectivity index (χ0v) is 11.5. The van der Waals surface area contributed by atoms with Crippen molar-refractivity contribution in [3.8, 4) is 0 Å². The summed E-state index contributed by atoms with van der Waals surface area (Å²) in [5, 5.41) is 3.40. The molecule has 5 heteroatoms. The largest absolute Gasteiger partial charge is 0.383 e. The van der Waals surface area contributed by atoms with E-state index in [1.165, 1.54) is 44.9 Å². The molecule has 0 unspecified atom stereocenters. The lowest BCUT2D eigenvalue weighted by molar-refractivity contribution is 0.470. The molecule has 0 atom stereocenters. The number of rotatable bonds is 2. The fourth-order valence-electron chi connectivity index (χ4n) is 2.28. The smallest absolute Gasteiger partial charge is 0.225 e. The highest BCUT2D eigenvalue weighted by Gasteiger charge is 2.12. The zero-order valence-electron chi connectivity index (χ0n) is 9.95. The Morgan fingerprint density at radius 2 is 1.76 bits per heavy atom. The number of hydrogen-bond acceptors (Lipinski definition) is 4. The Kier molecular flexibility index (Phi) is 4.59. The van der Waals surface area contributed by atoms with Crippen molar-refractivity contribution >= 4 is 27.7 Å². The second kappa shape index (κ2) is 6.19. The van der Waals surface area contributed by atoms with Crippen LogP contribution in [0.5, 0.6) is 0 Å². The Bertz CT molecular complexity index is 341. The van der Waals surface area contributed by atoms with Gasteiger partial charge in [0.25, 0.3) is 0 Å². The van der Waals surface area contributed by atoms with E-state index < -0.39 is 0 Å². The molecule has 0 amide bonds. The first-order valence-corrected chi connectivity index (χ1v) is 7.10. The van der Waals surface area contributed by atoms with E-state index in [4.69, 9.17) is 5.73 Å². The molecule has 0 radical (unpaired) electrons. The van der Waals surface area contributed by atoms with Gasteiger partial charge in [-0.2, -0.15) is 4.98 Å². The molecule has 1 aliphatic carbocycles. The number of nitrogens with zero attached hydrogens (tertiary/aromatic N) is 2. The van der Waals surface area contributed by atoms with E-state index in [-0.39, 0.29) is 0 Å². The van der Waals surface area contributed by atoms with E-state index >= 15 is 0 Å². The maximum atomic E-state index is 5.70. The number of aromatic nitrogens is 2. The highest BCUT2D eigenvalue weighted by Crippen LogP contribution is 2.20. The number of halogens is 1. The summed E-state index contributed by atoms with van der Waals surface area (Å²) in [5.74, 6) is 1.14. The molecule has 0 aliphatic heterocycles. The molecule has 1 saturated carbocycles. The molecular weight excluding hydrogens is 280 g/mol. The first kappa shape index (κ1) is 12.6. The third-order valence-corrected chi connectivity index (χ3v) is 3.56. The van der Waals surface area contributed by atoms with Crippen molar-refractivity contribution in [2.24, 2.45) is 0 Å². The van der Waals surface area contributed by atoms with Gasteiger partial charge in [0.05, 0.1) is 0 Å². The predicted molar refractivity (Wildman–Crippen MR) is 73.9 cm³/mol. The molecule has 0 aromatic carbocycles. The number of nitrogen functional groups attached to an aromatic ring is 1. The summed E-state index contributed by atoms with van der Waals surface area (Å²) in [6.07, 6.45) is 9.07. The van der Waals surface area contributed by atoms with Crippen molar-refractivity contribution in [3.05, 3.63) is 10.7 Å². The molecule has 0 saturated heterocycles. The minimum atomic E-state index is 0.490. The molecule has 0 bridgehead atoms. The van der Waals surface area contributed by atoms with Gasteiger partial charge < -0.3 is 11.1 Å². The first-order valence-electron chi connectivity index (χ1n) is 6.30. The average molecular weight is 299 g/mol. The standard InChI is InChI=1S/C12H19BrN4/c13-10-8-11(14)17-12(16-10)15-9-6-4-2-1-3-5-7-9/h8-9H,1-7H2,(H3,14,15,16,17). The van der Waals surface area contributed by atoms with Crippen molar-refractivity contribution in [3.63, 3.8) is 0 Å². The lowest BCUT2D eigenvalue weighted by Crippen LogP contribution is -2.22. The van der Waals surface area contributed by atoms with E-state index in [1.54, 1.807) is 6.07 Å². The zero-order chi connectivity index (χ0) is 12.1. The SMILES string of the molecule is Nc1cc(Br)nc(NC2CCCCCCC2)n1. The van der Waals surface area contributed by atoms with Gasteiger partial charge in [0.2, 0.25) is 5.95 Å². The number of nitrogens with two attached hydrogens (primary N) is 1. The molecule has 3 N–H and O–H groups in total. The summed E-state index contributed by atoms with van der Waals surface area (Å²) in [6.45, 7) is 0. The summed E-state index contributed by atoms with van der Waals surface area (Å²) in [5.41, 5.74) is 5.70. The summed E-state index contributed by atoms with van der Waals surface area (Å²) in [7, 11) is 0. The van der Waals surface area contributed by atoms with Crippen LogP contribution in [0.4, 0.5) is 11.8 Å². The molecule has 0 spiro atoms. The average Bonchev–Trinajstić information content (AvgIpc) is 2.20. The van der Waals surface area contributed by atoms with Crippen molar-refractivity contribution < 1.29 is 0 Å². The minimum Gasteiger partial charge on any atom is -0.383 e. The molecule has 1 aromatic heterocycles. The van der Waals surface area contributed by atoms with Crippen LogP contribution in [0, 0.1) is 0 Å². The number of nitrogens with one attached hydrogen (secondary N) is 1. The maximum Gasteiger partial charge on any atom is 0.225 e. The Morgan fingerprint density at radius 3 is 2.41 bits per heavy atom. The summed E-state index contributed by atoms with van der Waals surface area (Å²) in [6, 6.07) is 2.20. The predicted octanol–water partition coefficient (Wildman–Crippen LogP) is 3.35. The lowest BCUT2D eigenvalue weighted by Gasteiger charge is -2.21. The van der Waals surface area contributed by atoms with Crippen LogP contribution in [-0.2, 0) is 0 Å². The Morgan fingerprint density at radius 1 is 1.12 bits per heavy atom. The van der Waals surface area contributed by atoms with E-state index in [0.29, 0.717) is 17.8 Å². The number of hydrogen-bond donors (Lipinski definition) is 2. The van der Waals surface area contributed by atoms with Crippen LogP contribution in [0.1, 0.15) is 44.9 Å². The fourth-order valence-corrected chi connectivity index (χ4v) is 2.69. The summed E-state index contributed by atoms with van der Waals surface area (Å²) < 4.78 is 0.735. The first-order chi connectivity index (χ1) is 8.24. The van der Waals surface area contributed by atoms with Crippen LogP contribution < -0.4 is 11.1 Å². The van der Waals surface area contributed by atoms with Gasteiger partial charge in [-0.1, -0.05) is 32.1 Å². The van der Waals surface area contributed by atoms with Crippen LogP contribution in [0.3, 0.4) is 0 Å². The highest BCUT2D eigenvalue weighted by molar-refractivity contribution is 9.10. The minimum absolute atomic E-state index is 0.490. The van der Waals surface area contributed by atoms with Gasteiger partial charge >= 0.3 is 0 Å². The number of anilines is 2. The van der Waals surface area contributed by atoms with Crippen molar-refractivity contribution in [1.29, 1.82) is 0 Å². The second-order valence-electron chi connectivity index (χ2n) is 4.63. The van der Waals surface area contributed by atoms with Crippen molar-refractivity contribution in [2.45, 2.75) is 51.0 Å². The summed E-state index contributed by atoms with van der Waals surface area (Å²) in [4.78, 5) is 8.50. The normalized spacial score (nSPS) is 18.4. The summed E-state index contributed by atoms with van der Waals surface area (Å²) >= 11 is 3.33. The van der Waals surface area contributed by atoms with Crippen LogP contribution in [0.25, 0.3) is 0 Å². The highest BCUT2D eigenvalue weighted by atomic mass is 79.9. The van der Waals surface area contributed by atoms with Gasteiger partial charge in [-0.15, -0.1) is 0 Å². The Labute approximate surface area is 111 Å². The molecule has 4 nitrogen and oxygen atoms in total. The van der Waals surface area contributed by atoms with E-state index in [2.05, 4.69) is 31.2 Å². The second-order valence-corrected chi connectivity index (χ2v) is 5.44. The maximum absolute atomic E-state index is 5.70. The van der Waals surface area contributed by atoms with Gasteiger partial charge in [0.15, 0.2) is 0 Å². The van der Waals surface area contributed by atoms with Gasteiger partial charge in [-0.05, 0) is 28.8 Å². The molecular formula is C12H19BrN4. The molecule has 2 rings (SSSR count). The van der Waals surface area contributed by atoms with Crippen molar-refractivity contribution in [1.82, 2.24) is 9.97 Å². The quantitative estimate of drug-likeness (QED) is 0.822. The van der Waals surface area contributed by atoms with E-state index in [0.717, 1.165) is 4.60 Å². The monoisotopic (exact) mass is 298 g/mol. The van der Waals surface area contributed by atoms with Crippen molar-refractivity contribution in [2.75, 3.05) is 11.1 Å². The molecule has 1 heterocycles. The third-order valence-electron chi connectivity index (χ3n) is 3.15. The Balaban J connectivity index is 1.97. The molecule has 94 valence electrons. The van der Waals surface area contributed by atoms with Gasteiger partial charge in [0.1, 0.15) is 10.4 Å². The van der Waals surface area contributed by atoms with Gasteiger partial charge in [-0.3, -0.25) is 0 Å². The Hall–Kier alpha value is -0.840. The van der Waals surface area contributed by atoms with Crippen LogP contribution in [0.15, 0.2) is 10.7 Å². The molecule has 1 aromatic rings. The van der Waals surface area contributed by atoms with Crippen LogP contribution in [0.2, 0.25) is 0 Å². The topological polar surface area (TPSA) is 63.8 Å².